The Morgan fingerprint density at radius 3 is 2.77 bits per heavy atom. The zero-order valence-electron chi connectivity index (χ0n) is 8.82. The summed E-state index contributed by atoms with van der Waals surface area (Å²) in [4.78, 5) is 8.56. The molecule has 0 aromatic heterocycles. The average Bonchev–Trinajstić information content (AvgIpc) is 2.17. The Morgan fingerprint density at radius 1 is 1.54 bits per heavy atom. The maximum absolute atomic E-state index is 5.77. The molecule has 0 radical (unpaired) electrons. The molecule has 1 fully saturated rings. The molecule has 1 aliphatic heterocycles. The summed E-state index contributed by atoms with van der Waals surface area (Å²) in [5, 5.41) is 0. The minimum atomic E-state index is 0.619. The van der Waals surface area contributed by atoms with E-state index < -0.39 is 0 Å². The third-order valence-electron chi connectivity index (χ3n) is 2.80. The van der Waals surface area contributed by atoms with Crippen molar-refractivity contribution in [3.63, 3.8) is 0 Å². The Morgan fingerprint density at radius 2 is 2.23 bits per heavy atom. The van der Waals surface area contributed by atoms with Crippen molar-refractivity contribution in [1.29, 1.82) is 0 Å². The van der Waals surface area contributed by atoms with Crippen molar-refractivity contribution in [2.45, 2.75) is 19.4 Å². The molecule has 1 aliphatic rings. The summed E-state index contributed by atoms with van der Waals surface area (Å²) in [6.45, 7) is 5.30. The number of hydrogen-bond acceptors (Lipinski definition) is 2. The Balaban J connectivity index is 2.54. The van der Waals surface area contributed by atoms with Crippen molar-refractivity contribution in [3.05, 3.63) is 0 Å². The smallest absolute Gasteiger partial charge is 0.191 e. The topological polar surface area (TPSA) is 44.9 Å². The molecule has 0 aliphatic carbocycles. The van der Waals surface area contributed by atoms with Crippen LogP contribution in [0.4, 0.5) is 0 Å². The van der Waals surface area contributed by atoms with E-state index in [1.54, 1.807) is 7.05 Å². The molecule has 2 N–H and O–H groups in total. The van der Waals surface area contributed by atoms with E-state index in [2.05, 4.69) is 28.8 Å². The zero-order chi connectivity index (χ0) is 9.84. The van der Waals surface area contributed by atoms with Crippen LogP contribution in [0.25, 0.3) is 0 Å². The van der Waals surface area contributed by atoms with Gasteiger partial charge in [0.2, 0.25) is 0 Å². The predicted molar refractivity (Wildman–Crippen MR) is 55.8 cm³/mol. The van der Waals surface area contributed by atoms with Crippen LogP contribution in [-0.2, 0) is 0 Å². The van der Waals surface area contributed by atoms with Gasteiger partial charge in [-0.05, 0) is 13.5 Å². The van der Waals surface area contributed by atoms with Crippen molar-refractivity contribution < 1.29 is 0 Å². The Kier molecular flexibility index (Phi) is 3.54. The van der Waals surface area contributed by atoms with Gasteiger partial charge >= 0.3 is 0 Å². The van der Waals surface area contributed by atoms with Gasteiger partial charge in [0, 0.05) is 32.7 Å². The molecule has 76 valence electrons. The number of nitrogens with two attached hydrogens (primary N) is 1. The van der Waals surface area contributed by atoms with Gasteiger partial charge in [-0.1, -0.05) is 6.92 Å². The van der Waals surface area contributed by atoms with E-state index in [4.69, 9.17) is 5.73 Å². The average molecular weight is 184 g/mol. The van der Waals surface area contributed by atoms with Gasteiger partial charge in [0.25, 0.3) is 0 Å². The van der Waals surface area contributed by atoms with E-state index in [0.29, 0.717) is 12.0 Å². The van der Waals surface area contributed by atoms with E-state index in [1.165, 1.54) is 6.42 Å². The zero-order valence-corrected chi connectivity index (χ0v) is 8.82. The molecule has 1 rings (SSSR count). The van der Waals surface area contributed by atoms with Crippen LogP contribution >= 0.6 is 0 Å². The van der Waals surface area contributed by atoms with Crippen molar-refractivity contribution in [2.75, 3.05) is 33.7 Å². The lowest BCUT2D eigenvalue weighted by Crippen LogP contribution is -2.54. The number of aliphatic imine (C=N–C) groups is 1. The standard InChI is InChI=1S/C9H20N4/c1-4-8-7-13(9(10)11-2)6-5-12(8)3/h8H,4-7H2,1-3H3,(H2,10,11). The van der Waals surface area contributed by atoms with E-state index in [0.717, 1.165) is 19.6 Å². The minimum Gasteiger partial charge on any atom is -0.370 e. The number of likely N-dealkylation sites (N-methyl/N-ethyl adjacent to an activating group) is 1. The number of rotatable bonds is 1. The van der Waals surface area contributed by atoms with Crippen molar-refractivity contribution in [1.82, 2.24) is 9.80 Å². The molecular formula is C9H20N4. The normalized spacial score (nSPS) is 26.5. The molecule has 4 nitrogen and oxygen atoms in total. The van der Waals surface area contributed by atoms with Crippen LogP contribution < -0.4 is 5.73 Å². The van der Waals surface area contributed by atoms with Gasteiger partial charge in [-0.2, -0.15) is 0 Å². The number of piperazine rings is 1. The van der Waals surface area contributed by atoms with Gasteiger partial charge in [0.05, 0.1) is 0 Å². The highest BCUT2D eigenvalue weighted by molar-refractivity contribution is 5.78. The number of hydrogen-bond donors (Lipinski definition) is 1. The molecular weight excluding hydrogens is 164 g/mol. The highest BCUT2D eigenvalue weighted by Gasteiger charge is 2.23. The van der Waals surface area contributed by atoms with E-state index in [-0.39, 0.29) is 0 Å². The first-order valence-corrected chi connectivity index (χ1v) is 4.86. The van der Waals surface area contributed by atoms with Crippen LogP contribution in [0.1, 0.15) is 13.3 Å². The lowest BCUT2D eigenvalue weighted by Gasteiger charge is -2.39. The number of guanidine groups is 1. The maximum atomic E-state index is 5.77. The third-order valence-corrected chi connectivity index (χ3v) is 2.80. The Bertz CT molecular complexity index is 190. The summed E-state index contributed by atoms with van der Waals surface area (Å²) in [5.41, 5.74) is 5.77. The summed E-state index contributed by atoms with van der Waals surface area (Å²) in [5.74, 6) is 0.673. The molecule has 0 amide bonds. The third kappa shape index (κ3) is 2.34. The summed E-state index contributed by atoms with van der Waals surface area (Å²) >= 11 is 0. The van der Waals surface area contributed by atoms with Crippen molar-refractivity contribution in [2.24, 2.45) is 10.7 Å². The Hall–Kier alpha value is -0.770. The molecule has 0 aromatic carbocycles. The highest BCUT2D eigenvalue weighted by atomic mass is 15.3. The van der Waals surface area contributed by atoms with Crippen LogP contribution in [0.5, 0.6) is 0 Å². The monoisotopic (exact) mass is 184 g/mol. The van der Waals surface area contributed by atoms with Crippen LogP contribution in [0.15, 0.2) is 4.99 Å². The summed E-state index contributed by atoms with van der Waals surface area (Å²) in [7, 11) is 3.92. The van der Waals surface area contributed by atoms with E-state index in [1.807, 2.05) is 0 Å². The highest BCUT2D eigenvalue weighted by Crippen LogP contribution is 2.09. The first kappa shape index (κ1) is 10.3. The lowest BCUT2D eigenvalue weighted by molar-refractivity contribution is 0.136. The van der Waals surface area contributed by atoms with E-state index >= 15 is 0 Å². The van der Waals surface area contributed by atoms with E-state index in [9.17, 15) is 0 Å². The largest absolute Gasteiger partial charge is 0.370 e. The van der Waals surface area contributed by atoms with Gasteiger partial charge in [0.1, 0.15) is 0 Å². The van der Waals surface area contributed by atoms with Gasteiger partial charge in [-0.3, -0.25) is 9.89 Å². The molecule has 1 heterocycles. The first-order chi connectivity index (χ1) is 6.19. The summed E-state index contributed by atoms with van der Waals surface area (Å²) in [6.07, 6.45) is 1.17. The minimum absolute atomic E-state index is 0.619. The molecule has 0 aromatic rings. The van der Waals surface area contributed by atoms with Gasteiger partial charge < -0.3 is 10.6 Å². The Labute approximate surface area is 80.4 Å². The second kappa shape index (κ2) is 4.46. The van der Waals surface area contributed by atoms with Gasteiger partial charge in [0.15, 0.2) is 5.96 Å². The lowest BCUT2D eigenvalue weighted by atomic mass is 10.1. The summed E-state index contributed by atoms with van der Waals surface area (Å²) < 4.78 is 0. The van der Waals surface area contributed by atoms with Gasteiger partial charge in [-0.15, -0.1) is 0 Å². The van der Waals surface area contributed by atoms with Crippen LogP contribution in [0.3, 0.4) is 0 Å². The second-order valence-electron chi connectivity index (χ2n) is 3.57. The molecule has 13 heavy (non-hydrogen) atoms. The molecule has 0 saturated carbocycles. The SMILES string of the molecule is CCC1CN(C(N)=NC)CCN1C. The van der Waals surface area contributed by atoms with Crippen molar-refractivity contribution >= 4 is 5.96 Å². The molecule has 0 bridgehead atoms. The number of nitrogens with zero attached hydrogens (tertiary/aromatic N) is 3. The molecule has 1 unspecified atom stereocenters. The molecule has 0 spiro atoms. The predicted octanol–water partition coefficient (Wildman–Crippen LogP) is -0.0431. The molecule has 1 atom stereocenters. The first-order valence-electron chi connectivity index (χ1n) is 4.86. The maximum Gasteiger partial charge on any atom is 0.191 e. The fourth-order valence-electron chi connectivity index (χ4n) is 1.74. The van der Waals surface area contributed by atoms with Crippen LogP contribution in [-0.4, -0.2) is 55.5 Å². The molecule has 1 saturated heterocycles. The van der Waals surface area contributed by atoms with Gasteiger partial charge in [-0.25, -0.2) is 0 Å². The fraction of sp³-hybridized carbons (Fsp3) is 0.889. The quantitative estimate of drug-likeness (QED) is 0.459. The molecule has 4 heteroatoms. The summed E-state index contributed by atoms with van der Waals surface area (Å²) in [6, 6.07) is 0.619. The second-order valence-corrected chi connectivity index (χ2v) is 3.57. The van der Waals surface area contributed by atoms with Crippen LogP contribution in [0, 0.1) is 0 Å². The van der Waals surface area contributed by atoms with Crippen molar-refractivity contribution in [3.8, 4) is 0 Å². The fourth-order valence-corrected chi connectivity index (χ4v) is 1.74. The van der Waals surface area contributed by atoms with Crippen LogP contribution in [0.2, 0.25) is 0 Å².